The number of rotatable bonds is 6. The van der Waals surface area contributed by atoms with Crippen LogP contribution in [-0.4, -0.2) is 23.3 Å². The van der Waals surface area contributed by atoms with E-state index in [4.69, 9.17) is 17.3 Å². The van der Waals surface area contributed by atoms with E-state index in [-0.39, 0.29) is 23.1 Å². The van der Waals surface area contributed by atoms with Crippen molar-refractivity contribution in [2.45, 2.75) is 12.8 Å². The molecule has 0 bridgehead atoms. The molecule has 172 valence electrons. The van der Waals surface area contributed by atoms with Crippen LogP contribution in [0.1, 0.15) is 12.8 Å². The number of nitrogens with zero attached hydrogens (tertiary/aromatic N) is 1. The third-order valence-electron chi connectivity index (χ3n) is 4.32. The number of amides is 3. The lowest BCUT2D eigenvalue weighted by Crippen LogP contribution is -2.15. The first-order valence-electron chi connectivity index (χ1n) is 9.78. The van der Waals surface area contributed by atoms with Gasteiger partial charge in [0.1, 0.15) is 5.82 Å². The van der Waals surface area contributed by atoms with Crippen molar-refractivity contribution >= 4 is 41.7 Å². The molecule has 0 radical (unpaired) electrons. The van der Waals surface area contributed by atoms with E-state index in [0.29, 0.717) is 23.5 Å². The highest BCUT2D eigenvalue weighted by Gasteiger charge is 2.26. The summed E-state index contributed by atoms with van der Waals surface area (Å²) < 4.78 is 14.8. The van der Waals surface area contributed by atoms with Crippen molar-refractivity contribution in [1.29, 1.82) is 0 Å². The van der Waals surface area contributed by atoms with Crippen LogP contribution in [0.15, 0.2) is 71.7 Å². The van der Waals surface area contributed by atoms with Crippen molar-refractivity contribution in [2.24, 2.45) is 11.7 Å². The molecule has 8 nitrogen and oxygen atoms in total. The zero-order valence-electron chi connectivity index (χ0n) is 17.4. The highest BCUT2D eigenvalue weighted by molar-refractivity contribution is 6.30. The minimum Gasteiger partial charge on any atom is -0.369 e. The predicted octanol–water partition coefficient (Wildman–Crippen LogP) is 3.33. The summed E-state index contributed by atoms with van der Waals surface area (Å²) in [7, 11) is 0. The maximum atomic E-state index is 13.5. The number of hydrogen-bond donors (Lipinski definition) is 3. The third-order valence-corrected chi connectivity index (χ3v) is 4.57. The van der Waals surface area contributed by atoms with Crippen molar-refractivity contribution in [3.8, 4) is 5.69 Å². The number of primary amides is 1. The van der Waals surface area contributed by atoms with Crippen LogP contribution in [0.25, 0.3) is 5.69 Å². The van der Waals surface area contributed by atoms with Gasteiger partial charge in [-0.05, 0) is 55.3 Å². The van der Waals surface area contributed by atoms with Gasteiger partial charge in [-0.25, -0.2) is 4.39 Å². The number of nitrogens with one attached hydrogen (secondary N) is 2. The molecule has 0 atom stereocenters. The van der Waals surface area contributed by atoms with Gasteiger partial charge in [0, 0.05) is 35.0 Å². The fourth-order valence-corrected chi connectivity index (χ4v) is 2.58. The monoisotopic (exact) mass is 472 g/mol. The van der Waals surface area contributed by atoms with Crippen LogP contribution in [0, 0.1) is 11.7 Å². The van der Waals surface area contributed by atoms with Gasteiger partial charge in [0.15, 0.2) is 0 Å². The minimum atomic E-state index is -0.592. The van der Waals surface area contributed by atoms with Crippen LogP contribution in [0.5, 0.6) is 0 Å². The zero-order valence-corrected chi connectivity index (χ0v) is 18.2. The summed E-state index contributed by atoms with van der Waals surface area (Å²) >= 11 is 5.60. The smallest absolute Gasteiger partial charge is 0.255 e. The zero-order chi connectivity index (χ0) is 24.2. The molecule has 0 spiro atoms. The van der Waals surface area contributed by atoms with E-state index in [1.165, 1.54) is 22.8 Å². The quantitative estimate of drug-likeness (QED) is 0.476. The molecule has 3 amide bonds. The first kappa shape index (κ1) is 25.3. The Balaban J connectivity index is 0.000000202. The van der Waals surface area contributed by atoms with Crippen molar-refractivity contribution in [3.63, 3.8) is 0 Å². The molecule has 1 aromatic heterocycles. The fourth-order valence-electron chi connectivity index (χ4n) is 2.46. The highest BCUT2D eigenvalue weighted by Crippen LogP contribution is 2.27. The molecule has 0 saturated heterocycles. The van der Waals surface area contributed by atoms with Gasteiger partial charge < -0.3 is 16.4 Å². The first-order valence-corrected chi connectivity index (χ1v) is 10.2. The molecule has 0 unspecified atom stereocenters. The van der Waals surface area contributed by atoms with Gasteiger partial charge in [0.25, 0.3) is 5.56 Å². The van der Waals surface area contributed by atoms with E-state index in [1.807, 2.05) is 0 Å². The molecule has 2 aromatic carbocycles. The molecule has 10 heteroatoms. The number of carbonyl (C=O) groups is 3. The van der Waals surface area contributed by atoms with Crippen molar-refractivity contribution in [2.75, 3.05) is 10.6 Å². The Morgan fingerprint density at radius 3 is 2.18 bits per heavy atom. The molecule has 1 aliphatic rings. The second-order valence-corrected chi connectivity index (χ2v) is 7.22. The van der Waals surface area contributed by atoms with E-state index in [9.17, 15) is 23.6 Å². The molecule has 1 heterocycles. The van der Waals surface area contributed by atoms with E-state index in [2.05, 4.69) is 10.6 Å². The normalized spacial score (nSPS) is 11.6. The predicted molar refractivity (Wildman–Crippen MR) is 125 cm³/mol. The minimum absolute atomic E-state index is 0.0766. The Bertz CT molecular complexity index is 1150. The third kappa shape index (κ3) is 8.58. The lowest BCUT2D eigenvalue weighted by Gasteiger charge is -2.07. The summed E-state index contributed by atoms with van der Waals surface area (Å²) in [5.74, 6) is -0.481. The van der Waals surface area contributed by atoms with Crippen LogP contribution in [0.2, 0.25) is 5.02 Å². The number of hydrogen-bond acceptors (Lipinski definition) is 4. The summed E-state index contributed by atoms with van der Waals surface area (Å²) in [4.78, 5) is 41.6. The van der Waals surface area contributed by atoms with Gasteiger partial charge in [0.05, 0.1) is 11.4 Å². The highest BCUT2D eigenvalue weighted by atomic mass is 35.5. The first-order chi connectivity index (χ1) is 15.8. The van der Waals surface area contributed by atoms with Gasteiger partial charge in [0.2, 0.25) is 18.7 Å². The lowest BCUT2D eigenvalue weighted by molar-refractivity contribution is -0.119. The molecular formula is C23H22ClFN4O4. The maximum Gasteiger partial charge on any atom is 0.255 e. The second kappa shape index (κ2) is 12.8. The molecule has 3 aromatic rings. The van der Waals surface area contributed by atoms with Gasteiger partial charge in [-0.3, -0.25) is 23.7 Å². The number of carbonyl (C=O) groups excluding carboxylic acids is 3. The van der Waals surface area contributed by atoms with E-state index >= 15 is 0 Å². The van der Waals surface area contributed by atoms with Gasteiger partial charge >= 0.3 is 0 Å². The summed E-state index contributed by atoms with van der Waals surface area (Å²) in [6.45, 7) is 0. The molecule has 4 N–H and O–H groups in total. The fraction of sp³-hybridized carbons (Fsp3) is 0.130. The van der Waals surface area contributed by atoms with Crippen molar-refractivity contribution < 1.29 is 18.8 Å². The van der Waals surface area contributed by atoms with E-state index in [1.54, 1.807) is 48.7 Å². The van der Waals surface area contributed by atoms with Crippen LogP contribution in [0.3, 0.4) is 0 Å². The van der Waals surface area contributed by atoms with Gasteiger partial charge in [-0.2, -0.15) is 0 Å². The molecule has 1 aliphatic carbocycles. The number of benzene rings is 2. The number of halogens is 2. The largest absolute Gasteiger partial charge is 0.369 e. The van der Waals surface area contributed by atoms with Crippen LogP contribution in [-0.2, 0) is 14.4 Å². The standard InChI is InChI=1S/C12H9FN2O2.C7H6ClNO.C4H7NO/c13-10-7-9(4-5-11(10)14-8-16)15-6-2-1-3-12(15)17;8-6-1-3-7(4-2-6)9-5-10;5-4(6)3-1-2-3/h1-8H,(H,14,16);1-5H,(H,9,10);3H,1-2H2,(H2,5,6). The molecule has 0 aliphatic heterocycles. The molecule has 33 heavy (non-hydrogen) atoms. The van der Waals surface area contributed by atoms with Crippen molar-refractivity contribution in [1.82, 2.24) is 4.57 Å². The summed E-state index contributed by atoms with van der Waals surface area (Å²) in [5.41, 5.74) is 5.84. The van der Waals surface area contributed by atoms with Gasteiger partial charge in [-0.1, -0.05) is 17.7 Å². The summed E-state index contributed by atoms with van der Waals surface area (Å²) in [6, 6.07) is 15.7. The molecular weight excluding hydrogens is 451 g/mol. The topological polar surface area (TPSA) is 123 Å². The number of anilines is 2. The Kier molecular flexibility index (Phi) is 9.79. The second-order valence-electron chi connectivity index (χ2n) is 6.78. The Hall–Kier alpha value is -3.98. The Morgan fingerprint density at radius 2 is 1.70 bits per heavy atom. The van der Waals surface area contributed by atoms with Crippen LogP contribution in [0.4, 0.5) is 15.8 Å². The summed E-state index contributed by atoms with van der Waals surface area (Å²) in [5, 5.41) is 5.39. The van der Waals surface area contributed by atoms with Crippen LogP contribution >= 0.6 is 11.6 Å². The van der Waals surface area contributed by atoms with Crippen molar-refractivity contribution in [3.05, 3.63) is 88.1 Å². The molecule has 1 saturated carbocycles. The summed E-state index contributed by atoms with van der Waals surface area (Å²) in [6.07, 6.45) is 4.62. The van der Waals surface area contributed by atoms with Crippen LogP contribution < -0.4 is 21.9 Å². The number of pyridine rings is 1. The van der Waals surface area contributed by atoms with E-state index in [0.717, 1.165) is 18.5 Å². The Labute approximate surface area is 194 Å². The van der Waals surface area contributed by atoms with Gasteiger partial charge in [-0.15, -0.1) is 0 Å². The molecule has 4 rings (SSSR count). The Morgan fingerprint density at radius 1 is 1.03 bits per heavy atom. The van der Waals surface area contributed by atoms with E-state index < -0.39 is 5.82 Å². The molecule has 1 fully saturated rings. The number of nitrogens with two attached hydrogens (primary N) is 1. The lowest BCUT2D eigenvalue weighted by atomic mass is 10.2. The average Bonchev–Trinajstić information content (AvgIpc) is 3.64. The SMILES string of the molecule is NC(=O)C1CC1.O=CNc1ccc(-n2ccccc2=O)cc1F.O=CNc1ccc(Cl)cc1. The number of aromatic nitrogens is 1. The maximum absolute atomic E-state index is 13.5. The average molecular weight is 473 g/mol.